The summed E-state index contributed by atoms with van der Waals surface area (Å²) in [5.41, 5.74) is 1.62. The van der Waals surface area contributed by atoms with E-state index in [1.165, 1.54) is 0 Å². The third-order valence-electron chi connectivity index (χ3n) is 5.12. The van der Waals surface area contributed by atoms with Gasteiger partial charge in [-0.1, -0.05) is 6.07 Å². The first-order chi connectivity index (χ1) is 10.5. The molecule has 0 heterocycles. The number of benzene rings is 1. The van der Waals surface area contributed by atoms with Gasteiger partial charge in [0.1, 0.15) is 5.75 Å². The van der Waals surface area contributed by atoms with E-state index in [1.807, 2.05) is 19.1 Å². The molecule has 0 saturated heterocycles. The van der Waals surface area contributed by atoms with Gasteiger partial charge in [-0.15, -0.1) is 0 Å². The molecule has 2 saturated carbocycles. The molecule has 2 bridgehead atoms. The maximum atomic E-state index is 12.7. The first-order valence-electron chi connectivity index (χ1n) is 7.69. The van der Waals surface area contributed by atoms with Crippen LogP contribution in [-0.2, 0) is 9.59 Å². The molecule has 1 aromatic carbocycles. The second-order valence-electron chi connectivity index (χ2n) is 6.42. The van der Waals surface area contributed by atoms with Gasteiger partial charge in [-0.25, -0.2) is 0 Å². The summed E-state index contributed by atoms with van der Waals surface area (Å²) in [7, 11) is 1.55. The van der Waals surface area contributed by atoms with Crippen molar-refractivity contribution in [1.82, 2.24) is 0 Å². The highest BCUT2D eigenvalue weighted by Gasteiger charge is 2.54. The summed E-state index contributed by atoms with van der Waals surface area (Å²) in [5.74, 6) is -1.07. The Morgan fingerprint density at radius 2 is 1.91 bits per heavy atom. The zero-order valence-corrected chi connectivity index (χ0v) is 12.8. The molecule has 0 aromatic heterocycles. The van der Waals surface area contributed by atoms with Gasteiger partial charge < -0.3 is 15.2 Å². The zero-order valence-electron chi connectivity index (χ0n) is 12.8. The molecule has 0 spiro atoms. The van der Waals surface area contributed by atoms with Crippen molar-refractivity contribution in [3.63, 3.8) is 0 Å². The lowest BCUT2D eigenvalue weighted by Gasteiger charge is -2.27. The number of anilines is 1. The molecule has 1 aromatic rings. The van der Waals surface area contributed by atoms with E-state index in [0.29, 0.717) is 11.4 Å². The Bertz CT molecular complexity index is 613. The van der Waals surface area contributed by atoms with Crippen LogP contribution >= 0.6 is 0 Å². The molecule has 1 amide bonds. The van der Waals surface area contributed by atoms with Gasteiger partial charge in [0.25, 0.3) is 0 Å². The Morgan fingerprint density at radius 1 is 1.23 bits per heavy atom. The number of fused-ring (bicyclic) bond motifs is 2. The standard InChI is InChI=1S/C17H21NO4/c1-9-3-6-13(22-2)12(7-9)18-16(19)14-10-4-5-11(8-10)15(14)17(20)21/h3,6-7,10-11,14-15H,4-5,8H2,1-2H3,(H,18,19)(H,20,21)/t10-,11-,14-,15-/m0/s1. The Morgan fingerprint density at radius 3 is 2.55 bits per heavy atom. The molecule has 2 fully saturated rings. The minimum Gasteiger partial charge on any atom is -0.495 e. The van der Waals surface area contributed by atoms with Gasteiger partial charge in [0.15, 0.2) is 0 Å². The summed E-state index contributed by atoms with van der Waals surface area (Å²) < 4.78 is 5.27. The minimum absolute atomic E-state index is 0.151. The average Bonchev–Trinajstić information content (AvgIpc) is 3.08. The van der Waals surface area contributed by atoms with E-state index >= 15 is 0 Å². The molecule has 2 aliphatic rings. The van der Waals surface area contributed by atoms with Crippen LogP contribution in [0.2, 0.25) is 0 Å². The Labute approximate surface area is 129 Å². The maximum absolute atomic E-state index is 12.7. The number of aliphatic carboxylic acids is 1. The van der Waals surface area contributed by atoms with Crippen molar-refractivity contribution in [2.75, 3.05) is 12.4 Å². The van der Waals surface area contributed by atoms with Crippen LogP contribution in [0.3, 0.4) is 0 Å². The summed E-state index contributed by atoms with van der Waals surface area (Å²) in [4.78, 5) is 24.2. The van der Waals surface area contributed by atoms with Gasteiger partial charge in [-0.05, 0) is 55.7 Å². The molecular formula is C17H21NO4. The molecule has 0 radical (unpaired) electrons. The van der Waals surface area contributed by atoms with Gasteiger partial charge in [0.05, 0.1) is 24.6 Å². The van der Waals surface area contributed by atoms with E-state index < -0.39 is 17.8 Å². The fourth-order valence-electron chi connectivity index (χ4n) is 4.16. The van der Waals surface area contributed by atoms with Crippen LogP contribution in [0.5, 0.6) is 5.75 Å². The Hall–Kier alpha value is -2.04. The number of carbonyl (C=O) groups is 2. The average molecular weight is 303 g/mol. The molecule has 2 aliphatic carbocycles. The number of hydrogen-bond acceptors (Lipinski definition) is 3. The molecule has 2 N–H and O–H groups in total. The van der Waals surface area contributed by atoms with Gasteiger partial charge >= 0.3 is 5.97 Å². The monoisotopic (exact) mass is 303 g/mol. The van der Waals surface area contributed by atoms with E-state index in [2.05, 4.69) is 5.32 Å². The summed E-state index contributed by atoms with van der Waals surface area (Å²) in [6.45, 7) is 1.94. The van der Waals surface area contributed by atoms with Gasteiger partial charge in [-0.2, -0.15) is 0 Å². The zero-order chi connectivity index (χ0) is 15.9. The van der Waals surface area contributed by atoms with Crippen molar-refractivity contribution in [1.29, 1.82) is 0 Å². The number of nitrogens with one attached hydrogen (secondary N) is 1. The van der Waals surface area contributed by atoms with E-state index in [9.17, 15) is 14.7 Å². The highest BCUT2D eigenvalue weighted by molar-refractivity contribution is 5.97. The molecule has 0 aliphatic heterocycles. The fraction of sp³-hybridized carbons (Fsp3) is 0.529. The van der Waals surface area contributed by atoms with Crippen molar-refractivity contribution < 1.29 is 19.4 Å². The van der Waals surface area contributed by atoms with Crippen LogP contribution in [0.25, 0.3) is 0 Å². The van der Waals surface area contributed by atoms with Crippen LogP contribution in [0, 0.1) is 30.6 Å². The topological polar surface area (TPSA) is 75.6 Å². The van der Waals surface area contributed by atoms with Crippen molar-refractivity contribution in [2.45, 2.75) is 26.2 Å². The summed E-state index contributed by atoms with van der Waals surface area (Å²) in [6, 6.07) is 5.56. The molecular weight excluding hydrogens is 282 g/mol. The second-order valence-corrected chi connectivity index (χ2v) is 6.42. The Balaban J connectivity index is 1.82. The number of carboxylic acid groups (broad SMARTS) is 1. The van der Waals surface area contributed by atoms with E-state index in [0.717, 1.165) is 24.8 Å². The first kappa shape index (κ1) is 14.9. The lowest BCUT2D eigenvalue weighted by Crippen LogP contribution is -2.37. The van der Waals surface area contributed by atoms with Crippen LogP contribution in [-0.4, -0.2) is 24.1 Å². The summed E-state index contributed by atoms with van der Waals surface area (Å²) in [5, 5.41) is 12.3. The smallest absolute Gasteiger partial charge is 0.307 e. The second kappa shape index (κ2) is 5.63. The van der Waals surface area contributed by atoms with Crippen LogP contribution in [0.4, 0.5) is 5.69 Å². The normalized spacial score (nSPS) is 29.4. The number of amides is 1. The molecule has 4 atom stereocenters. The quantitative estimate of drug-likeness (QED) is 0.896. The maximum Gasteiger partial charge on any atom is 0.307 e. The number of carbonyl (C=O) groups excluding carboxylic acids is 1. The molecule has 5 nitrogen and oxygen atoms in total. The van der Waals surface area contributed by atoms with Gasteiger partial charge in [0.2, 0.25) is 5.91 Å². The summed E-state index contributed by atoms with van der Waals surface area (Å²) in [6.07, 6.45) is 2.75. The van der Waals surface area contributed by atoms with E-state index in [4.69, 9.17) is 4.74 Å². The number of ether oxygens (including phenoxy) is 1. The predicted octanol–water partition coefficient (Wildman–Crippen LogP) is 2.69. The third-order valence-corrected chi connectivity index (χ3v) is 5.12. The molecule has 22 heavy (non-hydrogen) atoms. The number of rotatable bonds is 4. The number of methoxy groups -OCH3 is 1. The molecule has 3 rings (SSSR count). The molecule has 0 unspecified atom stereocenters. The largest absolute Gasteiger partial charge is 0.495 e. The number of carboxylic acids is 1. The van der Waals surface area contributed by atoms with Crippen molar-refractivity contribution in [3.05, 3.63) is 23.8 Å². The van der Waals surface area contributed by atoms with Gasteiger partial charge in [0, 0.05) is 0 Å². The number of aryl methyl sites for hydroxylation is 1. The van der Waals surface area contributed by atoms with Crippen molar-refractivity contribution in [2.24, 2.45) is 23.7 Å². The molecule has 118 valence electrons. The van der Waals surface area contributed by atoms with Crippen LogP contribution in [0.15, 0.2) is 18.2 Å². The number of hydrogen-bond donors (Lipinski definition) is 2. The van der Waals surface area contributed by atoms with E-state index in [-0.39, 0.29) is 17.7 Å². The van der Waals surface area contributed by atoms with E-state index in [1.54, 1.807) is 13.2 Å². The third kappa shape index (κ3) is 2.45. The minimum atomic E-state index is -0.844. The predicted molar refractivity (Wildman–Crippen MR) is 81.8 cm³/mol. The highest BCUT2D eigenvalue weighted by atomic mass is 16.5. The Kier molecular flexibility index (Phi) is 3.81. The highest BCUT2D eigenvalue weighted by Crippen LogP contribution is 2.52. The first-order valence-corrected chi connectivity index (χ1v) is 7.69. The van der Waals surface area contributed by atoms with Crippen LogP contribution in [0.1, 0.15) is 24.8 Å². The lowest BCUT2D eigenvalue weighted by molar-refractivity contribution is -0.148. The van der Waals surface area contributed by atoms with Crippen molar-refractivity contribution >= 4 is 17.6 Å². The SMILES string of the molecule is COc1ccc(C)cc1NC(=O)[C@H]1[C@H]2CC[C@@H](C2)[C@@H]1C(=O)O. The molecule has 5 heteroatoms. The van der Waals surface area contributed by atoms with Crippen molar-refractivity contribution in [3.8, 4) is 5.75 Å². The fourth-order valence-corrected chi connectivity index (χ4v) is 4.16. The summed E-state index contributed by atoms with van der Waals surface area (Å²) >= 11 is 0. The van der Waals surface area contributed by atoms with Gasteiger partial charge in [-0.3, -0.25) is 9.59 Å². The van der Waals surface area contributed by atoms with Crippen LogP contribution < -0.4 is 10.1 Å². The lowest BCUT2D eigenvalue weighted by atomic mass is 9.78.